The van der Waals surface area contributed by atoms with E-state index in [0.29, 0.717) is 0 Å². The largest absolute Gasteiger partial charge is 0.290 e. The molecule has 66 valence electrons. The smallest absolute Gasteiger partial charge is 0.184 e. The number of rotatable bonds is 0. The van der Waals surface area contributed by atoms with Gasteiger partial charge in [-0.3, -0.25) is 9.69 Å². The van der Waals surface area contributed by atoms with Crippen LogP contribution < -0.4 is 4.90 Å². The Hall–Kier alpha value is -1.41. The van der Waals surface area contributed by atoms with Gasteiger partial charge in [0.2, 0.25) is 0 Å². The number of hydrogen-bond donors (Lipinski definition) is 1. The van der Waals surface area contributed by atoms with E-state index in [1.807, 2.05) is 6.08 Å². The molecule has 0 saturated heterocycles. The fraction of sp³-hybridized carbons (Fsp3) is 0.182. The van der Waals surface area contributed by atoms with E-state index in [0.717, 1.165) is 11.3 Å². The third-order valence-corrected chi connectivity index (χ3v) is 2.53. The monoisotopic (exact) mass is 174 g/mol. The first-order chi connectivity index (χ1) is 6.18. The van der Waals surface area contributed by atoms with Gasteiger partial charge in [-0.15, -0.1) is 0 Å². The number of allylic oxidation sites excluding steroid dienone is 6. The van der Waals surface area contributed by atoms with Crippen LogP contribution in [0.1, 0.15) is 6.92 Å². The minimum atomic E-state index is 0.0844. The maximum atomic E-state index is 11.1. The second-order valence-electron chi connectivity index (χ2n) is 3.39. The van der Waals surface area contributed by atoms with E-state index < -0.39 is 0 Å². The van der Waals surface area contributed by atoms with Crippen molar-refractivity contribution in [3.05, 3.63) is 47.3 Å². The molecule has 1 heterocycles. The fourth-order valence-electron chi connectivity index (χ4n) is 1.56. The van der Waals surface area contributed by atoms with Crippen LogP contribution in [0, 0.1) is 0 Å². The van der Waals surface area contributed by atoms with E-state index in [1.54, 1.807) is 12.2 Å². The molecule has 1 atom stereocenters. The van der Waals surface area contributed by atoms with Crippen LogP contribution in [0.25, 0.3) is 0 Å². The first kappa shape index (κ1) is 8.20. The minimum Gasteiger partial charge on any atom is -0.290 e. The second-order valence-corrected chi connectivity index (χ2v) is 3.39. The van der Waals surface area contributed by atoms with Crippen molar-refractivity contribution in [3.63, 3.8) is 0 Å². The number of hydrogen-bond acceptors (Lipinski definition) is 1. The lowest BCUT2D eigenvalue weighted by molar-refractivity contribution is -0.794. The molecule has 0 saturated carbocycles. The molecule has 2 rings (SSSR count). The zero-order valence-electron chi connectivity index (χ0n) is 7.79. The van der Waals surface area contributed by atoms with Gasteiger partial charge >= 0.3 is 0 Å². The Kier molecular flexibility index (Phi) is 1.78. The summed E-state index contributed by atoms with van der Waals surface area (Å²) in [6, 6.07) is 0. The van der Waals surface area contributed by atoms with E-state index in [1.165, 1.54) is 10.6 Å². The van der Waals surface area contributed by atoms with E-state index in [-0.39, 0.29) is 5.78 Å². The molecule has 0 aromatic heterocycles. The number of nitrogens with one attached hydrogen (secondary N) is 1. The van der Waals surface area contributed by atoms with Gasteiger partial charge < -0.3 is 0 Å². The summed E-state index contributed by atoms with van der Waals surface area (Å²) in [6.45, 7) is 2.06. The molecule has 0 amide bonds. The van der Waals surface area contributed by atoms with Crippen LogP contribution in [0.3, 0.4) is 0 Å². The van der Waals surface area contributed by atoms with Gasteiger partial charge in [0.1, 0.15) is 11.4 Å². The van der Waals surface area contributed by atoms with Gasteiger partial charge in [-0.2, -0.15) is 0 Å². The molecule has 0 aromatic rings. The molecule has 1 N–H and O–H groups in total. The van der Waals surface area contributed by atoms with Crippen molar-refractivity contribution < 1.29 is 9.69 Å². The van der Waals surface area contributed by atoms with Crippen molar-refractivity contribution in [3.8, 4) is 0 Å². The van der Waals surface area contributed by atoms with Gasteiger partial charge in [0.25, 0.3) is 0 Å². The first-order valence-corrected chi connectivity index (χ1v) is 4.35. The van der Waals surface area contributed by atoms with Crippen LogP contribution in [-0.4, -0.2) is 12.8 Å². The van der Waals surface area contributed by atoms with Gasteiger partial charge in [-0.1, -0.05) is 0 Å². The molecular formula is C11H12NO+. The zero-order valence-corrected chi connectivity index (χ0v) is 7.79. The third kappa shape index (κ3) is 1.29. The molecule has 1 aliphatic heterocycles. The highest BCUT2D eigenvalue weighted by molar-refractivity contribution is 6.02. The van der Waals surface area contributed by atoms with Gasteiger partial charge in [-0.05, 0) is 24.3 Å². The summed E-state index contributed by atoms with van der Waals surface area (Å²) < 4.78 is 0. The predicted molar refractivity (Wildman–Crippen MR) is 51.0 cm³/mol. The van der Waals surface area contributed by atoms with Crippen molar-refractivity contribution in [1.29, 1.82) is 0 Å². The normalized spacial score (nSPS) is 26.2. The van der Waals surface area contributed by atoms with Gasteiger partial charge in [0.15, 0.2) is 5.78 Å². The van der Waals surface area contributed by atoms with E-state index in [9.17, 15) is 4.79 Å². The van der Waals surface area contributed by atoms with Crippen LogP contribution in [0.4, 0.5) is 0 Å². The summed E-state index contributed by atoms with van der Waals surface area (Å²) in [5, 5.41) is 0. The average molecular weight is 174 g/mol. The summed E-state index contributed by atoms with van der Waals surface area (Å²) in [5.41, 5.74) is 3.45. The Balaban J connectivity index is 2.49. The molecule has 0 spiro atoms. The number of ketones is 1. The molecule has 2 heteroatoms. The summed E-state index contributed by atoms with van der Waals surface area (Å²) in [6.07, 6.45) is 9.33. The Morgan fingerprint density at radius 3 is 2.77 bits per heavy atom. The van der Waals surface area contributed by atoms with E-state index >= 15 is 0 Å². The molecule has 0 radical (unpaired) electrons. The van der Waals surface area contributed by atoms with Crippen LogP contribution >= 0.6 is 0 Å². The number of quaternary nitrogens is 1. The Labute approximate surface area is 77.5 Å². The van der Waals surface area contributed by atoms with Crippen LogP contribution in [-0.2, 0) is 4.79 Å². The summed E-state index contributed by atoms with van der Waals surface area (Å²) in [4.78, 5) is 12.4. The van der Waals surface area contributed by atoms with Crippen molar-refractivity contribution in [2.24, 2.45) is 0 Å². The number of carbonyl (C=O) groups excluding carboxylic acids is 1. The molecule has 1 unspecified atom stereocenters. The summed E-state index contributed by atoms with van der Waals surface area (Å²) in [7, 11) is 2.05. The van der Waals surface area contributed by atoms with Gasteiger partial charge in [0.05, 0.1) is 7.05 Å². The van der Waals surface area contributed by atoms with Crippen molar-refractivity contribution in [2.45, 2.75) is 6.92 Å². The Morgan fingerprint density at radius 1 is 1.23 bits per heavy atom. The van der Waals surface area contributed by atoms with Crippen LogP contribution in [0.5, 0.6) is 0 Å². The highest BCUT2D eigenvalue weighted by Crippen LogP contribution is 2.15. The lowest BCUT2D eigenvalue weighted by Gasteiger charge is -2.22. The van der Waals surface area contributed by atoms with Crippen LogP contribution in [0.15, 0.2) is 47.3 Å². The average Bonchev–Trinajstić information content (AvgIpc) is 2.12. The second kappa shape index (κ2) is 2.82. The zero-order chi connectivity index (χ0) is 9.42. The van der Waals surface area contributed by atoms with Gasteiger partial charge in [0, 0.05) is 18.6 Å². The maximum Gasteiger partial charge on any atom is 0.184 e. The third-order valence-electron chi connectivity index (χ3n) is 2.53. The number of carbonyl (C=O) groups is 1. The minimum absolute atomic E-state index is 0.0844. The number of likely N-dealkylation sites (N-methyl/N-ethyl adjacent to an activating group) is 1. The predicted octanol–water partition coefficient (Wildman–Crippen LogP) is 0.368. The quantitative estimate of drug-likeness (QED) is 0.563. The molecular weight excluding hydrogens is 162 g/mol. The summed E-state index contributed by atoms with van der Waals surface area (Å²) >= 11 is 0. The number of fused-ring (bicyclic) bond motifs is 1. The van der Waals surface area contributed by atoms with Crippen molar-refractivity contribution in [1.82, 2.24) is 0 Å². The fourth-order valence-corrected chi connectivity index (χ4v) is 1.56. The molecule has 0 aromatic carbocycles. The molecule has 13 heavy (non-hydrogen) atoms. The van der Waals surface area contributed by atoms with Crippen LogP contribution in [0.2, 0.25) is 0 Å². The first-order valence-electron chi connectivity index (χ1n) is 4.35. The topological polar surface area (TPSA) is 21.5 Å². The lowest BCUT2D eigenvalue weighted by Crippen LogP contribution is -3.05. The summed E-state index contributed by atoms with van der Waals surface area (Å²) in [5.74, 6) is 0.0844. The van der Waals surface area contributed by atoms with Crippen molar-refractivity contribution >= 4 is 5.78 Å². The van der Waals surface area contributed by atoms with E-state index in [4.69, 9.17) is 0 Å². The molecule has 2 nitrogen and oxygen atoms in total. The van der Waals surface area contributed by atoms with Gasteiger partial charge in [-0.25, -0.2) is 0 Å². The molecule has 0 bridgehead atoms. The molecule has 1 aliphatic carbocycles. The standard InChI is InChI=1S/C11H11NO/c1-8-3-4-9-5-6-10(13)7-11(9)12(8)2/h3-7H,1-2H3/p+1. The highest BCUT2D eigenvalue weighted by atomic mass is 16.1. The lowest BCUT2D eigenvalue weighted by atomic mass is 10.0. The molecule has 2 aliphatic rings. The van der Waals surface area contributed by atoms with Crippen molar-refractivity contribution in [2.75, 3.05) is 7.05 Å². The van der Waals surface area contributed by atoms with E-state index in [2.05, 4.69) is 26.1 Å². The molecule has 0 fully saturated rings. The highest BCUT2D eigenvalue weighted by Gasteiger charge is 2.22. The maximum absolute atomic E-state index is 11.1. The Bertz CT molecular complexity index is 383. The Morgan fingerprint density at radius 2 is 2.00 bits per heavy atom. The SMILES string of the molecule is CC1=CC=C2C=CC(=O)C=C2[NH+]1C.